The van der Waals surface area contributed by atoms with Crippen LogP contribution >= 0.6 is 11.3 Å². The summed E-state index contributed by atoms with van der Waals surface area (Å²) in [6.45, 7) is 11.2. The van der Waals surface area contributed by atoms with Crippen LogP contribution in [0.15, 0.2) is 97.1 Å². The third-order valence-electron chi connectivity index (χ3n) is 14.0. The fourth-order valence-electron chi connectivity index (χ4n) is 10.1. The Balaban J connectivity index is 0.976. The van der Waals surface area contributed by atoms with Gasteiger partial charge in [0.05, 0.1) is 48.8 Å². The molecule has 0 unspecified atom stereocenters. The van der Waals surface area contributed by atoms with Crippen molar-refractivity contribution in [1.82, 2.24) is 4.98 Å². The molecule has 67 heavy (non-hydrogen) atoms. The van der Waals surface area contributed by atoms with Crippen LogP contribution in [0.1, 0.15) is 127 Å². The highest BCUT2D eigenvalue weighted by Crippen LogP contribution is 2.45. The average molecular weight is 932 g/mol. The van der Waals surface area contributed by atoms with Gasteiger partial charge in [0, 0.05) is 37.1 Å². The van der Waals surface area contributed by atoms with Gasteiger partial charge in [-0.25, -0.2) is 19.6 Å². The first kappa shape index (κ1) is 49.4. The molecule has 0 N–H and O–H groups in total. The van der Waals surface area contributed by atoms with Crippen LogP contribution in [0.5, 0.6) is 17.2 Å². The number of esters is 3. The van der Waals surface area contributed by atoms with Crippen LogP contribution in [0.4, 0.5) is 5.13 Å². The number of hydrazone groups is 1. The minimum atomic E-state index is -0.452. The number of hydrogen-bond donors (Lipinski definition) is 0. The molecular formula is C55H69N3O8S. The van der Waals surface area contributed by atoms with Crippen LogP contribution in [0.2, 0.25) is 0 Å². The van der Waals surface area contributed by atoms with Crippen molar-refractivity contribution in [3.8, 4) is 17.2 Å². The summed E-state index contributed by atoms with van der Waals surface area (Å²) in [6, 6.07) is 21.8. The highest BCUT2D eigenvalue weighted by molar-refractivity contribution is 7.22. The van der Waals surface area contributed by atoms with Crippen molar-refractivity contribution in [3.05, 3.63) is 103 Å². The van der Waals surface area contributed by atoms with E-state index in [4.69, 9.17) is 33.8 Å². The molecule has 7 rings (SSSR count). The molecule has 358 valence electrons. The van der Waals surface area contributed by atoms with E-state index in [1.54, 1.807) is 35.6 Å². The summed E-state index contributed by atoms with van der Waals surface area (Å²) in [4.78, 5) is 41.1. The van der Waals surface area contributed by atoms with Gasteiger partial charge < -0.3 is 23.7 Å². The Morgan fingerprint density at radius 1 is 0.746 bits per heavy atom. The zero-order chi connectivity index (χ0) is 46.8. The van der Waals surface area contributed by atoms with Gasteiger partial charge in [-0.1, -0.05) is 75.3 Å². The van der Waals surface area contributed by atoms with Crippen LogP contribution in [-0.2, 0) is 23.9 Å². The molecule has 11 nitrogen and oxygen atoms in total. The Kier molecular flexibility index (Phi) is 18.9. The van der Waals surface area contributed by atoms with Gasteiger partial charge >= 0.3 is 17.9 Å². The van der Waals surface area contributed by atoms with Crippen molar-refractivity contribution in [2.45, 2.75) is 116 Å². The normalized spacial score (nSPS) is 21.9. The van der Waals surface area contributed by atoms with Gasteiger partial charge in [0.25, 0.3) is 0 Å². The molecular weight excluding hydrogens is 863 g/mol. The molecule has 0 bridgehead atoms. The van der Waals surface area contributed by atoms with Crippen molar-refractivity contribution in [2.75, 3.05) is 38.0 Å². The van der Waals surface area contributed by atoms with Gasteiger partial charge in [-0.2, -0.15) is 5.10 Å². The molecule has 3 aliphatic rings. The number of thiazole rings is 1. The van der Waals surface area contributed by atoms with Crippen LogP contribution in [0, 0.1) is 29.6 Å². The zero-order valence-corrected chi connectivity index (χ0v) is 40.1. The number of aromatic nitrogens is 1. The van der Waals surface area contributed by atoms with Crippen molar-refractivity contribution in [2.24, 2.45) is 34.7 Å². The number of ether oxygens (including phenoxy) is 5. The maximum absolute atomic E-state index is 13.2. The minimum Gasteiger partial charge on any atom is -0.493 e. The number of rotatable bonds is 23. The van der Waals surface area contributed by atoms with E-state index >= 15 is 0 Å². The first-order valence-corrected chi connectivity index (χ1v) is 25.6. The zero-order valence-electron chi connectivity index (χ0n) is 39.3. The second kappa shape index (κ2) is 25.6. The molecule has 3 saturated carbocycles. The number of carbonyl (C=O) groups excluding carboxylic acids is 3. The van der Waals surface area contributed by atoms with Gasteiger partial charge in [-0.3, -0.25) is 4.79 Å². The summed E-state index contributed by atoms with van der Waals surface area (Å²) in [5, 5.41) is 7.74. The van der Waals surface area contributed by atoms with Crippen LogP contribution in [0.3, 0.4) is 0 Å². The summed E-state index contributed by atoms with van der Waals surface area (Å²) >= 11 is 1.58. The lowest BCUT2D eigenvalue weighted by molar-refractivity contribution is -0.140. The van der Waals surface area contributed by atoms with Gasteiger partial charge in [-0.05, 0) is 148 Å². The first-order valence-electron chi connectivity index (χ1n) is 24.7. The summed E-state index contributed by atoms with van der Waals surface area (Å²) in [5.41, 5.74) is 3.19. The molecule has 3 aliphatic carbocycles. The number of benzene rings is 3. The molecule has 1 aromatic heterocycles. The fraction of sp³-hybridized carbons (Fsp3) is 0.509. The van der Waals surface area contributed by atoms with E-state index in [1.165, 1.54) is 75.8 Å². The number of nitrogens with zero attached hydrogens (tertiary/aromatic N) is 3. The van der Waals surface area contributed by atoms with E-state index in [0.29, 0.717) is 55.9 Å². The molecule has 12 heteroatoms. The van der Waals surface area contributed by atoms with Crippen LogP contribution in [-0.4, -0.2) is 62.1 Å². The Labute approximate surface area is 401 Å². The predicted octanol–water partition coefficient (Wildman–Crippen LogP) is 12.4. The third kappa shape index (κ3) is 14.7. The first-order chi connectivity index (χ1) is 32.8. The molecule has 0 amide bonds. The highest BCUT2D eigenvalue weighted by Gasteiger charge is 2.32. The van der Waals surface area contributed by atoms with E-state index in [-0.39, 0.29) is 25.1 Å². The predicted molar refractivity (Wildman–Crippen MR) is 266 cm³/mol. The largest absolute Gasteiger partial charge is 0.493 e. The van der Waals surface area contributed by atoms with Crippen molar-refractivity contribution < 1.29 is 38.1 Å². The Hall–Kier alpha value is -5.49. The minimum absolute atomic E-state index is 0.174. The van der Waals surface area contributed by atoms with Crippen LogP contribution in [0.25, 0.3) is 10.2 Å². The van der Waals surface area contributed by atoms with E-state index in [0.717, 1.165) is 76.2 Å². The Bertz CT molecular complexity index is 2220. The topological polar surface area (TPSA) is 126 Å². The summed E-state index contributed by atoms with van der Waals surface area (Å²) in [6.07, 6.45) is 21.9. The van der Waals surface area contributed by atoms with E-state index in [2.05, 4.69) is 44.3 Å². The molecule has 0 atom stereocenters. The summed E-state index contributed by atoms with van der Waals surface area (Å²) in [7, 11) is 0. The standard InChI is InChI=1S/C55H69N3O8S/c1-4-11-39-14-18-41(19-15-39)42-22-24-43(25-23-42)45-26-31-50(46(36-45)37-56-58(32-9-33-63-52(59)5-2)55-57-49-12-7-8-13-51(49)67-55)65-38-40-16-20-44(21-17-40)54(61)66-48-29-27-47(28-30-48)62-34-10-35-64-53(60)6-3/h5-8,12-13,26-31,36-37,39-44H,2-4,9-11,14-25,32-35,38H2,1H3/b56-37+. The second-order valence-electron chi connectivity index (χ2n) is 18.5. The molecule has 0 saturated heterocycles. The lowest BCUT2D eigenvalue weighted by atomic mass is 9.68. The summed E-state index contributed by atoms with van der Waals surface area (Å²) < 4.78 is 29.5. The van der Waals surface area contributed by atoms with Gasteiger partial charge in [0.2, 0.25) is 5.13 Å². The molecule has 3 fully saturated rings. The smallest absolute Gasteiger partial charge is 0.330 e. The van der Waals surface area contributed by atoms with Gasteiger partial charge in [0.15, 0.2) is 0 Å². The molecule has 0 radical (unpaired) electrons. The molecule has 4 aromatic rings. The monoisotopic (exact) mass is 931 g/mol. The number of anilines is 1. The van der Waals surface area contributed by atoms with E-state index in [9.17, 15) is 14.4 Å². The van der Waals surface area contributed by atoms with Crippen LogP contribution < -0.4 is 19.2 Å². The Morgan fingerprint density at radius 2 is 1.40 bits per heavy atom. The number of fused-ring (bicyclic) bond motifs is 1. The molecule has 3 aromatic carbocycles. The maximum Gasteiger partial charge on any atom is 0.330 e. The Morgan fingerprint density at radius 3 is 2.09 bits per heavy atom. The second-order valence-corrected chi connectivity index (χ2v) is 19.5. The maximum atomic E-state index is 13.2. The van der Waals surface area contributed by atoms with Crippen molar-refractivity contribution >= 4 is 50.8 Å². The average Bonchev–Trinajstić information content (AvgIpc) is 3.81. The highest BCUT2D eigenvalue weighted by atomic mass is 32.1. The van der Waals surface area contributed by atoms with E-state index < -0.39 is 11.9 Å². The quantitative estimate of drug-likeness (QED) is 0.0177. The molecule has 0 aliphatic heterocycles. The number of para-hydroxylation sites is 1. The fourth-order valence-corrected chi connectivity index (χ4v) is 11.1. The van der Waals surface area contributed by atoms with Gasteiger partial charge in [0.1, 0.15) is 17.2 Å². The van der Waals surface area contributed by atoms with Crippen molar-refractivity contribution in [3.63, 3.8) is 0 Å². The number of carbonyl (C=O) groups is 3. The number of hydrogen-bond acceptors (Lipinski definition) is 12. The molecule has 0 spiro atoms. The SMILES string of the molecule is C=CC(=O)OCCCOc1ccc(OC(=O)C2CCC(COc3ccc(C4CCC(C5CCC(CCC)CC5)CC4)cc3/C=N/N(CCCOC(=O)C=C)c3nc4ccccc4s3)CC2)cc1. The van der Waals surface area contributed by atoms with E-state index in [1.807, 2.05) is 29.4 Å². The van der Waals surface area contributed by atoms with Gasteiger partial charge in [-0.15, -0.1) is 0 Å². The van der Waals surface area contributed by atoms with Crippen molar-refractivity contribution in [1.29, 1.82) is 0 Å². The third-order valence-corrected chi connectivity index (χ3v) is 15.0. The molecule has 1 heterocycles. The lowest BCUT2D eigenvalue weighted by Gasteiger charge is -2.38. The lowest BCUT2D eigenvalue weighted by Crippen LogP contribution is -2.27. The summed E-state index contributed by atoms with van der Waals surface area (Å²) in [5.74, 6) is 4.12.